The van der Waals surface area contributed by atoms with Gasteiger partial charge in [-0.3, -0.25) is 9.52 Å². The number of carbonyl (C=O) groups is 2. The first-order valence-corrected chi connectivity index (χ1v) is 10.5. The van der Waals surface area contributed by atoms with Crippen molar-refractivity contribution < 1.29 is 22.7 Å². The molecule has 0 radical (unpaired) electrons. The van der Waals surface area contributed by atoms with Crippen molar-refractivity contribution in [2.45, 2.75) is 51.0 Å². The van der Waals surface area contributed by atoms with E-state index in [2.05, 4.69) is 4.72 Å². The van der Waals surface area contributed by atoms with Crippen LogP contribution >= 0.6 is 0 Å². The molecule has 0 aliphatic carbocycles. The molecule has 1 atom stereocenters. The highest BCUT2D eigenvalue weighted by Gasteiger charge is 2.24. The second-order valence-electron chi connectivity index (χ2n) is 7.83. The Hall–Kier alpha value is -2.87. The lowest BCUT2D eigenvalue weighted by Gasteiger charge is -2.21. The molecule has 8 heteroatoms. The van der Waals surface area contributed by atoms with Gasteiger partial charge in [0.15, 0.2) is 6.10 Å². The van der Waals surface area contributed by atoms with E-state index in [1.54, 1.807) is 31.2 Å². The Kier molecular flexibility index (Phi) is 6.37. The smallest absolute Gasteiger partial charge is 0.341 e. The maximum absolute atomic E-state index is 13.1. The first-order valence-electron chi connectivity index (χ1n) is 9.06. The minimum absolute atomic E-state index is 0.0196. The van der Waals surface area contributed by atoms with Crippen LogP contribution in [0.3, 0.4) is 0 Å². The molecule has 0 saturated carbocycles. The van der Waals surface area contributed by atoms with E-state index in [-0.39, 0.29) is 21.6 Å². The number of hydrogen-bond acceptors (Lipinski definition) is 5. The summed E-state index contributed by atoms with van der Waals surface area (Å²) in [4.78, 5) is 23.7. The van der Waals surface area contributed by atoms with Crippen LogP contribution in [0, 0.1) is 6.92 Å². The highest BCUT2D eigenvalue weighted by molar-refractivity contribution is 7.92. The summed E-state index contributed by atoms with van der Waals surface area (Å²) in [6.45, 7) is 9.02. The van der Waals surface area contributed by atoms with E-state index < -0.39 is 28.0 Å². The number of esters is 1. The van der Waals surface area contributed by atoms with Crippen molar-refractivity contribution in [1.82, 2.24) is 0 Å². The quantitative estimate of drug-likeness (QED) is 0.699. The molecule has 0 aromatic heterocycles. The molecule has 0 heterocycles. The number of nitrogens with one attached hydrogen (secondary N) is 1. The summed E-state index contributed by atoms with van der Waals surface area (Å²) in [7, 11) is -3.98. The summed E-state index contributed by atoms with van der Waals surface area (Å²) in [5, 5.41) is 0. The third-order valence-corrected chi connectivity index (χ3v) is 5.93. The Morgan fingerprint density at radius 1 is 1.10 bits per heavy atom. The Morgan fingerprint density at radius 2 is 1.72 bits per heavy atom. The molecule has 2 rings (SSSR count). The second kappa shape index (κ2) is 8.24. The van der Waals surface area contributed by atoms with E-state index in [0.717, 1.165) is 5.56 Å². The van der Waals surface area contributed by atoms with E-state index in [1.165, 1.54) is 19.1 Å². The third-order valence-electron chi connectivity index (χ3n) is 4.42. The number of amides is 1. The van der Waals surface area contributed by atoms with Crippen LogP contribution in [-0.4, -0.2) is 26.4 Å². The molecular weight excluding hydrogens is 392 g/mol. The topological polar surface area (TPSA) is 116 Å². The van der Waals surface area contributed by atoms with Gasteiger partial charge in [0.05, 0.1) is 16.1 Å². The number of nitrogens with two attached hydrogens (primary N) is 1. The lowest BCUT2D eigenvalue weighted by molar-refractivity contribution is -0.125. The molecule has 2 aromatic carbocycles. The third kappa shape index (κ3) is 5.35. The molecule has 156 valence electrons. The van der Waals surface area contributed by atoms with Crippen LogP contribution in [0.1, 0.15) is 49.2 Å². The minimum Gasteiger partial charge on any atom is -0.449 e. The molecule has 0 aliphatic heterocycles. The highest BCUT2D eigenvalue weighted by Crippen LogP contribution is 2.28. The van der Waals surface area contributed by atoms with E-state index >= 15 is 0 Å². The number of anilines is 1. The molecule has 3 N–H and O–H groups in total. The van der Waals surface area contributed by atoms with Gasteiger partial charge in [-0.1, -0.05) is 45.0 Å². The average Bonchev–Trinajstić information content (AvgIpc) is 2.60. The van der Waals surface area contributed by atoms with Gasteiger partial charge >= 0.3 is 5.97 Å². The van der Waals surface area contributed by atoms with Gasteiger partial charge in [0, 0.05) is 0 Å². The largest absolute Gasteiger partial charge is 0.449 e. The number of ether oxygens (including phenoxy) is 1. The maximum Gasteiger partial charge on any atom is 0.341 e. The van der Waals surface area contributed by atoms with Crippen LogP contribution in [-0.2, 0) is 25.0 Å². The number of aryl methyl sites for hydroxylation is 1. The van der Waals surface area contributed by atoms with Crippen molar-refractivity contribution in [3.05, 3.63) is 59.2 Å². The predicted octanol–water partition coefficient (Wildman–Crippen LogP) is 3.12. The van der Waals surface area contributed by atoms with Gasteiger partial charge < -0.3 is 10.5 Å². The zero-order chi connectivity index (χ0) is 22.0. The Bertz CT molecular complexity index is 1040. The van der Waals surface area contributed by atoms with E-state index in [1.807, 2.05) is 26.8 Å². The molecule has 0 fully saturated rings. The molecule has 2 aromatic rings. The van der Waals surface area contributed by atoms with Crippen LogP contribution in [0.5, 0.6) is 0 Å². The summed E-state index contributed by atoms with van der Waals surface area (Å²) in [5.74, 6) is -1.65. The lowest BCUT2D eigenvalue weighted by atomic mass is 9.87. The first kappa shape index (κ1) is 22.4. The number of carbonyl (C=O) groups excluding carboxylic acids is 2. The Balaban J connectivity index is 2.42. The number of benzene rings is 2. The van der Waals surface area contributed by atoms with Crippen molar-refractivity contribution >= 4 is 27.6 Å². The minimum atomic E-state index is -3.98. The maximum atomic E-state index is 13.1. The molecule has 0 spiro atoms. The summed E-state index contributed by atoms with van der Waals surface area (Å²) < 4.78 is 33.6. The summed E-state index contributed by atoms with van der Waals surface area (Å²) in [5.41, 5.74) is 6.36. The first-order chi connectivity index (χ1) is 13.3. The van der Waals surface area contributed by atoms with Gasteiger partial charge in [0.25, 0.3) is 15.9 Å². The predicted molar refractivity (Wildman–Crippen MR) is 111 cm³/mol. The molecule has 29 heavy (non-hydrogen) atoms. The van der Waals surface area contributed by atoms with Crippen molar-refractivity contribution in [2.75, 3.05) is 4.72 Å². The van der Waals surface area contributed by atoms with E-state index in [4.69, 9.17) is 10.5 Å². The molecule has 0 saturated heterocycles. The molecule has 1 amide bonds. The molecule has 0 aliphatic rings. The van der Waals surface area contributed by atoms with Gasteiger partial charge in [-0.15, -0.1) is 0 Å². The number of hydrogen-bond donors (Lipinski definition) is 2. The normalized spacial score (nSPS) is 12.9. The van der Waals surface area contributed by atoms with Crippen LogP contribution in [0.4, 0.5) is 5.69 Å². The summed E-state index contributed by atoms with van der Waals surface area (Å²) in [6.07, 6.45) is -1.14. The van der Waals surface area contributed by atoms with Crippen LogP contribution in [0.15, 0.2) is 47.4 Å². The van der Waals surface area contributed by atoms with Crippen LogP contribution in [0.25, 0.3) is 0 Å². The summed E-state index contributed by atoms with van der Waals surface area (Å²) >= 11 is 0. The standard InChI is InChI=1S/C21H26N2O5S/c1-13-10-11-15(21(3,4)5)12-18(13)29(26,27)23-17-9-7-6-8-16(17)20(25)28-14(2)19(22)24/h6-12,14,23H,1-5H3,(H2,22,24)/t14-/m0/s1. The zero-order valence-corrected chi connectivity index (χ0v) is 18.0. The molecule has 7 nitrogen and oxygen atoms in total. The van der Waals surface area contributed by atoms with Gasteiger partial charge in [0.1, 0.15) is 0 Å². The van der Waals surface area contributed by atoms with Crippen LogP contribution < -0.4 is 10.5 Å². The number of para-hydroxylation sites is 1. The Morgan fingerprint density at radius 3 is 2.31 bits per heavy atom. The number of sulfonamides is 1. The zero-order valence-electron chi connectivity index (χ0n) is 17.1. The van der Waals surface area contributed by atoms with Gasteiger partial charge in [-0.05, 0) is 48.6 Å². The molecular formula is C21H26N2O5S. The molecule has 0 unspecified atom stereocenters. The monoisotopic (exact) mass is 418 g/mol. The molecule has 0 bridgehead atoms. The van der Waals surface area contributed by atoms with Gasteiger partial charge in [-0.25, -0.2) is 13.2 Å². The van der Waals surface area contributed by atoms with Gasteiger partial charge in [0.2, 0.25) is 0 Å². The SMILES string of the molecule is Cc1ccc(C(C)(C)C)cc1S(=O)(=O)Nc1ccccc1C(=O)O[C@@H](C)C(N)=O. The van der Waals surface area contributed by atoms with Crippen molar-refractivity contribution in [3.63, 3.8) is 0 Å². The fourth-order valence-corrected chi connectivity index (χ4v) is 3.94. The van der Waals surface area contributed by atoms with Crippen LogP contribution in [0.2, 0.25) is 0 Å². The van der Waals surface area contributed by atoms with Gasteiger partial charge in [-0.2, -0.15) is 0 Å². The van der Waals surface area contributed by atoms with Crippen molar-refractivity contribution in [3.8, 4) is 0 Å². The average molecular weight is 419 g/mol. The van der Waals surface area contributed by atoms with E-state index in [0.29, 0.717) is 5.56 Å². The highest BCUT2D eigenvalue weighted by atomic mass is 32.2. The second-order valence-corrected chi connectivity index (χ2v) is 9.48. The van der Waals surface area contributed by atoms with Crippen molar-refractivity contribution in [1.29, 1.82) is 0 Å². The fraction of sp³-hybridized carbons (Fsp3) is 0.333. The number of rotatable bonds is 6. The summed E-state index contributed by atoms with van der Waals surface area (Å²) in [6, 6.07) is 11.3. The fourth-order valence-electron chi connectivity index (χ4n) is 2.59. The van der Waals surface area contributed by atoms with E-state index in [9.17, 15) is 18.0 Å². The van der Waals surface area contributed by atoms with Crippen molar-refractivity contribution in [2.24, 2.45) is 5.73 Å². The Labute approximate surface area is 171 Å². The lowest BCUT2D eigenvalue weighted by Crippen LogP contribution is -2.30. The number of primary amides is 1.